The van der Waals surface area contributed by atoms with Crippen LogP contribution in [0.1, 0.15) is 29.8 Å². The maximum absolute atomic E-state index is 11.0. The fourth-order valence-electron chi connectivity index (χ4n) is 1.55. The number of hydrogen-bond donors (Lipinski definition) is 2. The van der Waals surface area contributed by atoms with E-state index >= 15 is 0 Å². The highest BCUT2D eigenvalue weighted by molar-refractivity contribution is 5.92. The molecule has 2 heterocycles. The molecular weight excluding hydrogens is 242 g/mol. The van der Waals surface area contributed by atoms with Crippen LogP contribution in [-0.4, -0.2) is 26.7 Å². The first-order chi connectivity index (χ1) is 9.06. The van der Waals surface area contributed by atoms with Crippen molar-refractivity contribution in [3.63, 3.8) is 0 Å². The van der Waals surface area contributed by atoms with E-state index in [0.29, 0.717) is 17.4 Å². The summed E-state index contributed by atoms with van der Waals surface area (Å²) in [6.45, 7) is 4.96. The first-order valence-corrected chi connectivity index (χ1v) is 6.09. The molecule has 6 heteroatoms. The molecule has 0 spiro atoms. The Hall–Kier alpha value is -2.21. The van der Waals surface area contributed by atoms with E-state index in [1.807, 2.05) is 12.1 Å². The first kappa shape index (κ1) is 13.2. The van der Waals surface area contributed by atoms with Gasteiger partial charge in [-0.1, -0.05) is 19.9 Å². The maximum atomic E-state index is 11.0. The highest BCUT2D eigenvalue weighted by Crippen LogP contribution is 2.07. The molecule has 2 aromatic rings. The molecule has 0 unspecified atom stereocenters. The fourth-order valence-corrected chi connectivity index (χ4v) is 1.55. The number of nitrogens with two attached hydrogens (primary N) is 1. The van der Waals surface area contributed by atoms with Crippen LogP contribution in [0.4, 0.5) is 0 Å². The summed E-state index contributed by atoms with van der Waals surface area (Å²) in [5, 5.41) is 7.37. The van der Waals surface area contributed by atoms with Gasteiger partial charge in [0, 0.05) is 25.0 Å². The van der Waals surface area contributed by atoms with Gasteiger partial charge < -0.3 is 11.1 Å². The second-order valence-electron chi connectivity index (χ2n) is 4.60. The van der Waals surface area contributed by atoms with E-state index in [-0.39, 0.29) is 0 Å². The van der Waals surface area contributed by atoms with Crippen LogP contribution in [-0.2, 0) is 6.54 Å². The number of aromatic nitrogens is 3. The lowest BCUT2D eigenvalue weighted by molar-refractivity contribution is 0.100. The van der Waals surface area contributed by atoms with Gasteiger partial charge in [0.05, 0.1) is 11.8 Å². The number of primary amides is 1. The minimum absolute atomic E-state index is 0.368. The number of rotatable bonds is 5. The second-order valence-corrected chi connectivity index (χ2v) is 4.60. The molecule has 2 aromatic heterocycles. The van der Waals surface area contributed by atoms with Crippen LogP contribution in [0.25, 0.3) is 5.82 Å². The summed E-state index contributed by atoms with van der Waals surface area (Å²) >= 11 is 0. The van der Waals surface area contributed by atoms with Gasteiger partial charge >= 0.3 is 0 Å². The third-order valence-corrected chi connectivity index (χ3v) is 2.63. The standard InChI is InChI=1S/C13H17N5O/c1-9(2)15-5-10-3-4-12(16-6-10)18-8-11(7-17-18)13(14)19/h3-4,6-9,15H,5H2,1-2H3,(H2,14,19). The molecule has 0 aliphatic carbocycles. The number of pyridine rings is 1. The van der Waals surface area contributed by atoms with Gasteiger partial charge in [0.2, 0.25) is 0 Å². The predicted molar refractivity (Wildman–Crippen MR) is 71.9 cm³/mol. The molecule has 3 N–H and O–H groups in total. The second kappa shape index (κ2) is 5.62. The molecule has 0 fully saturated rings. The van der Waals surface area contributed by atoms with Gasteiger partial charge in [-0.2, -0.15) is 5.10 Å². The van der Waals surface area contributed by atoms with Gasteiger partial charge in [0.15, 0.2) is 5.82 Å². The summed E-state index contributed by atoms with van der Waals surface area (Å²) in [7, 11) is 0. The number of nitrogens with one attached hydrogen (secondary N) is 1. The number of carbonyl (C=O) groups is 1. The number of amides is 1. The predicted octanol–water partition coefficient (Wildman–Crippen LogP) is 0.864. The zero-order valence-electron chi connectivity index (χ0n) is 11.0. The SMILES string of the molecule is CC(C)NCc1ccc(-n2cc(C(N)=O)cn2)nc1. The van der Waals surface area contributed by atoms with Crippen LogP contribution < -0.4 is 11.1 Å². The minimum atomic E-state index is -0.496. The van der Waals surface area contributed by atoms with E-state index in [9.17, 15) is 4.79 Å². The van der Waals surface area contributed by atoms with Gasteiger partial charge in [-0.3, -0.25) is 4.79 Å². The fraction of sp³-hybridized carbons (Fsp3) is 0.308. The normalized spacial score (nSPS) is 10.9. The van der Waals surface area contributed by atoms with Crippen molar-refractivity contribution in [3.8, 4) is 5.82 Å². The van der Waals surface area contributed by atoms with Crippen molar-refractivity contribution in [1.82, 2.24) is 20.1 Å². The van der Waals surface area contributed by atoms with Crippen LogP contribution in [0.3, 0.4) is 0 Å². The Kier molecular flexibility index (Phi) is 3.91. The highest BCUT2D eigenvalue weighted by atomic mass is 16.1. The van der Waals surface area contributed by atoms with E-state index in [2.05, 4.69) is 29.2 Å². The molecule has 0 aromatic carbocycles. The highest BCUT2D eigenvalue weighted by Gasteiger charge is 2.06. The third-order valence-electron chi connectivity index (χ3n) is 2.63. The monoisotopic (exact) mass is 259 g/mol. The summed E-state index contributed by atoms with van der Waals surface area (Å²) < 4.78 is 1.53. The van der Waals surface area contributed by atoms with Crippen molar-refractivity contribution in [2.45, 2.75) is 26.4 Å². The Morgan fingerprint density at radius 2 is 2.21 bits per heavy atom. The molecular formula is C13H17N5O. The molecule has 1 amide bonds. The molecule has 100 valence electrons. The zero-order valence-corrected chi connectivity index (χ0v) is 11.0. The summed E-state index contributed by atoms with van der Waals surface area (Å²) in [4.78, 5) is 15.3. The summed E-state index contributed by atoms with van der Waals surface area (Å²) in [5.41, 5.74) is 6.64. The molecule has 6 nitrogen and oxygen atoms in total. The number of carbonyl (C=O) groups excluding carboxylic acids is 1. The summed E-state index contributed by atoms with van der Waals surface area (Å²) in [5.74, 6) is 0.157. The molecule has 0 aliphatic heterocycles. The van der Waals surface area contributed by atoms with E-state index < -0.39 is 5.91 Å². The van der Waals surface area contributed by atoms with E-state index in [1.54, 1.807) is 12.4 Å². The van der Waals surface area contributed by atoms with Crippen LogP contribution in [0.5, 0.6) is 0 Å². The summed E-state index contributed by atoms with van der Waals surface area (Å²) in [6, 6.07) is 4.27. The largest absolute Gasteiger partial charge is 0.366 e. The molecule has 0 saturated heterocycles. The van der Waals surface area contributed by atoms with Crippen molar-refractivity contribution in [2.75, 3.05) is 0 Å². The first-order valence-electron chi connectivity index (χ1n) is 6.09. The van der Waals surface area contributed by atoms with E-state index in [1.165, 1.54) is 10.9 Å². The van der Waals surface area contributed by atoms with Crippen molar-refractivity contribution in [2.24, 2.45) is 5.73 Å². The zero-order chi connectivity index (χ0) is 13.8. The van der Waals surface area contributed by atoms with Gasteiger partial charge in [0.1, 0.15) is 0 Å². The third kappa shape index (κ3) is 3.38. The summed E-state index contributed by atoms with van der Waals surface area (Å²) in [6.07, 6.45) is 4.78. The maximum Gasteiger partial charge on any atom is 0.251 e. The van der Waals surface area contributed by atoms with Crippen LogP contribution >= 0.6 is 0 Å². The minimum Gasteiger partial charge on any atom is -0.366 e. The molecule has 0 atom stereocenters. The lowest BCUT2D eigenvalue weighted by Crippen LogP contribution is -2.21. The van der Waals surface area contributed by atoms with Crippen molar-refractivity contribution in [1.29, 1.82) is 0 Å². The number of nitrogens with zero attached hydrogens (tertiary/aromatic N) is 3. The lowest BCUT2D eigenvalue weighted by atomic mass is 10.2. The molecule has 0 aliphatic rings. The Morgan fingerprint density at radius 3 is 2.74 bits per heavy atom. The molecule has 0 radical (unpaired) electrons. The van der Waals surface area contributed by atoms with Gasteiger partial charge in [-0.05, 0) is 11.6 Å². The van der Waals surface area contributed by atoms with Gasteiger partial charge in [-0.15, -0.1) is 0 Å². The van der Waals surface area contributed by atoms with Crippen LogP contribution in [0.15, 0.2) is 30.7 Å². The average molecular weight is 259 g/mol. The smallest absolute Gasteiger partial charge is 0.251 e. The number of hydrogen-bond acceptors (Lipinski definition) is 4. The Morgan fingerprint density at radius 1 is 1.42 bits per heavy atom. The molecule has 0 saturated carbocycles. The Bertz CT molecular complexity index is 559. The molecule has 2 rings (SSSR count). The lowest BCUT2D eigenvalue weighted by Gasteiger charge is -2.08. The topological polar surface area (TPSA) is 85.8 Å². The van der Waals surface area contributed by atoms with Crippen molar-refractivity contribution in [3.05, 3.63) is 41.9 Å². The van der Waals surface area contributed by atoms with E-state index in [4.69, 9.17) is 5.73 Å². The molecule has 19 heavy (non-hydrogen) atoms. The van der Waals surface area contributed by atoms with Gasteiger partial charge in [-0.25, -0.2) is 9.67 Å². The van der Waals surface area contributed by atoms with Gasteiger partial charge in [0.25, 0.3) is 5.91 Å². The Balaban J connectivity index is 2.10. The molecule has 0 bridgehead atoms. The van der Waals surface area contributed by atoms with Crippen molar-refractivity contribution >= 4 is 5.91 Å². The average Bonchev–Trinajstić information content (AvgIpc) is 2.86. The van der Waals surface area contributed by atoms with Crippen LogP contribution in [0.2, 0.25) is 0 Å². The van der Waals surface area contributed by atoms with Crippen molar-refractivity contribution < 1.29 is 4.79 Å². The quantitative estimate of drug-likeness (QED) is 0.834. The Labute approximate surface area is 111 Å². The van der Waals surface area contributed by atoms with Crippen LogP contribution in [0, 0.1) is 0 Å². The van der Waals surface area contributed by atoms with E-state index in [0.717, 1.165) is 12.1 Å².